The zero-order valence-electron chi connectivity index (χ0n) is 17.8. The van der Waals surface area contributed by atoms with Gasteiger partial charge in [-0.2, -0.15) is 0 Å². The summed E-state index contributed by atoms with van der Waals surface area (Å²) in [5, 5.41) is 2.92. The second-order valence-electron chi connectivity index (χ2n) is 8.86. The van der Waals surface area contributed by atoms with E-state index in [4.69, 9.17) is 9.47 Å². The maximum Gasteiger partial charge on any atom is 0.251 e. The molecule has 1 N–H and O–H groups in total. The lowest BCUT2D eigenvalue weighted by atomic mass is 9.95. The Morgan fingerprint density at radius 2 is 1.93 bits per heavy atom. The normalized spacial score (nSPS) is 23.4. The Bertz CT molecular complexity index is 744. The Morgan fingerprint density at radius 1 is 1.17 bits per heavy atom. The second kappa shape index (κ2) is 9.79. The molecule has 0 unspecified atom stereocenters. The number of amides is 2. The molecule has 4 rings (SSSR count). The zero-order valence-corrected chi connectivity index (χ0v) is 17.8. The molecule has 0 spiro atoms. The third kappa shape index (κ3) is 5.73. The van der Waals surface area contributed by atoms with Gasteiger partial charge in [-0.1, -0.05) is 6.07 Å². The van der Waals surface area contributed by atoms with E-state index in [0.717, 1.165) is 38.4 Å². The van der Waals surface area contributed by atoms with Gasteiger partial charge in [0.05, 0.1) is 13.2 Å². The van der Waals surface area contributed by atoms with Crippen molar-refractivity contribution in [2.75, 3.05) is 53.0 Å². The average molecular weight is 416 g/mol. The van der Waals surface area contributed by atoms with E-state index in [1.807, 2.05) is 4.90 Å². The number of morpholine rings is 1. The van der Waals surface area contributed by atoms with E-state index < -0.39 is 0 Å². The van der Waals surface area contributed by atoms with Crippen LogP contribution >= 0.6 is 0 Å². The Labute approximate surface area is 178 Å². The highest BCUT2D eigenvalue weighted by Gasteiger charge is 2.31. The number of rotatable bonds is 8. The van der Waals surface area contributed by atoms with Crippen LogP contribution in [0.5, 0.6) is 5.75 Å². The Hall–Kier alpha value is -2.12. The van der Waals surface area contributed by atoms with Crippen molar-refractivity contribution in [1.82, 2.24) is 15.1 Å². The highest BCUT2D eigenvalue weighted by atomic mass is 16.5. The van der Waals surface area contributed by atoms with Gasteiger partial charge in [0.15, 0.2) is 0 Å². The minimum Gasteiger partial charge on any atom is -0.497 e. The van der Waals surface area contributed by atoms with E-state index in [1.165, 1.54) is 19.4 Å². The summed E-state index contributed by atoms with van der Waals surface area (Å²) in [5.41, 5.74) is 0.552. The van der Waals surface area contributed by atoms with Gasteiger partial charge < -0.3 is 24.6 Å². The second-order valence-corrected chi connectivity index (χ2v) is 8.86. The lowest BCUT2D eigenvalue weighted by molar-refractivity contribution is -0.149. The Kier molecular flexibility index (Phi) is 6.89. The van der Waals surface area contributed by atoms with E-state index in [2.05, 4.69) is 10.2 Å². The fourth-order valence-electron chi connectivity index (χ4n) is 4.38. The van der Waals surface area contributed by atoms with Crippen LogP contribution in [0.15, 0.2) is 24.3 Å². The molecule has 2 heterocycles. The van der Waals surface area contributed by atoms with Crippen molar-refractivity contribution in [2.45, 2.75) is 31.8 Å². The first-order chi connectivity index (χ1) is 14.6. The van der Waals surface area contributed by atoms with Gasteiger partial charge in [-0.15, -0.1) is 0 Å². The van der Waals surface area contributed by atoms with Gasteiger partial charge in [-0.3, -0.25) is 9.59 Å². The van der Waals surface area contributed by atoms with Crippen LogP contribution in [0.1, 0.15) is 36.0 Å². The number of nitrogens with zero attached hydrogens (tertiary/aromatic N) is 2. The van der Waals surface area contributed by atoms with Gasteiger partial charge in [0.25, 0.3) is 5.91 Å². The van der Waals surface area contributed by atoms with Crippen molar-refractivity contribution in [2.24, 2.45) is 11.8 Å². The predicted molar refractivity (Wildman–Crippen MR) is 114 cm³/mol. The van der Waals surface area contributed by atoms with Crippen LogP contribution < -0.4 is 10.1 Å². The number of benzene rings is 1. The first-order valence-corrected chi connectivity index (χ1v) is 11.1. The van der Waals surface area contributed by atoms with Crippen molar-refractivity contribution in [3.05, 3.63) is 29.8 Å². The van der Waals surface area contributed by atoms with Gasteiger partial charge in [0, 0.05) is 31.7 Å². The monoisotopic (exact) mass is 415 g/mol. The smallest absolute Gasteiger partial charge is 0.251 e. The average Bonchev–Trinajstić information content (AvgIpc) is 3.59. The molecule has 1 aliphatic carbocycles. The maximum absolute atomic E-state index is 12.4. The number of ether oxygens (including phenoxy) is 2. The van der Waals surface area contributed by atoms with Crippen LogP contribution in [0.25, 0.3) is 0 Å². The molecule has 1 aromatic carbocycles. The molecule has 1 saturated carbocycles. The molecule has 2 amide bonds. The highest BCUT2D eigenvalue weighted by Crippen LogP contribution is 2.31. The molecule has 164 valence electrons. The number of carbonyl (C=O) groups excluding carboxylic acids is 2. The molecule has 3 fully saturated rings. The number of likely N-dealkylation sites (tertiary alicyclic amines) is 1. The van der Waals surface area contributed by atoms with Crippen LogP contribution in [-0.2, 0) is 9.53 Å². The van der Waals surface area contributed by atoms with E-state index >= 15 is 0 Å². The number of hydrogen-bond acceptors (Lipinski definition) is 5. The summed E-state index contributed by atoms with van der Waals surface area (Å²) in [6, 6.07) is 7.07. The molecule has 30 heavy (non-hydrogen) atoms. The molecule has 1 aromatic rings. The first-order valence-electron chi connectivity index (χ1n) is 11.1. The minimum absolute atomic E-state index is 0.0609. The van der Waals surface area contributed by atoms with Gasteiger partial charge in [0.1, 0.15) is 12.4 Å². The molecule has 0 radical (unpaired) electrons. The highest BCUT2D eigenvalue weighted by molar-refractivity contribution is 5.94. The summed E-state index contributed by atoms with van der Waals surface area (Å²) in [5.74, 6) is 2.05. The zero-order chi connectivity index (χ0) is 20.9. The summed E-state index contributed by atoms with van der Waals surface area (Å²) < 4.78 is 10.8. The summed E-state index contributed by atoms with van der Waals surface area (Å²) in [7, 11) is 1.58. The predicted octanol–water partition coefficient (Wildman–Crippen LogP) is 1.77. The standard InChI is InChI=1S/C23H33N3O4/c1-29-20-4-2-3-19(11-20)23(28)24-12-21-15-26(22(27)16-30-21)14-18-7-9-25(10-8-18)13-17-5-6-17/h2-4,11,17-18,21H,5-10,12-16H2,1H3,(H,24,28)/t21-/m0/s1. The largest absolute Gasteiger partial charge is 0.497 e. The lowest BCUT2D eigenvalue weighted by Crippen LogP contribution is -2.52. The topological polar surface area (TPSA) is 71.1 Å². The Balaban J connectivity index is 1.22. The Morgan fingerprint density at radius 3 is 2.67 bits per heavy atom. The van der Waals surface area contributed by atoms with E-state index in [0.29, 0.717) is 30.3 Å². The molecule has 7 nitrogen and oxygen atoms in total. The maximum atomic E-state index is 12.4. The fraction of sp³-hybridized carbons (Fsp3) is 0.652. The lowest BCUT2D eigenvalue weighted by Gasteiger charge is -2.38. The number of nitrogens with one attached hydrogen (secondary N) is 1. The molecule has 2 aliphatic heterocycles. The van der Waals surface area contributed by atoms with Crippen molar-refractivity contribution in [3.8, 4) is 5.75 Å². The van der Waals surface area contributed by atoms with Gasteiger partial charge in [-0.25, -0.2) is 0 Å². The SMILES string of the molecule is COc1cccc(C(=O)NC[C@H]2CN(CC3CCN(CC4CC4)CC3)C(=O)CO2)c1. The van der Waals surface area contributed by atoms with Crippen LogP contribution in [0, 0.1) is 11.8 Å². The van der Waals surface area contributed by atoms with E-state index in [-0.39, 0.29) is 24.5 Å². The fourth-order valence-corrected chi connectivity index (χ4v) is 4.38. The molecule has 1 atom stereocenters. The number of hydrogen-bond donors (Lipinski definition) is 1. The summed E-state index contributed by atoms with van der Waals surface area (Å²) >= 11 is 0. The molecule has 7 heteroatoms. The van der Waals surface area contributed by atoms with Crippen molar-refractivity contribution < 1.29 is 19.1 Å². The molecule has 3 aliphatic rings. The van der Waals surface area contributed by atoms with E-state index in [9.17, 15) is 9.59 Å². The van der Waals surface area contributed by atoms with Gasteiger partial charge >= 0.3 is 0 Å². The van der Waals surface area contributed by atoms with Gasteiger partial charge in [-0.05, 0) is 68.8 Å². The van der Waals surface area contributed by atoms with Crippen LogP contribution in [0.2, 0.25) is 0 Å². The molecule has 0 aromatic heterocycles. The number of piperidine rings is 1. The molecule has 2 saturated heterocycles. The summed E-state index contributed by atoms with van der Waals surface area (Å²) in [6.07, 6.45) is 4.95. The first kappa shape index (κ1) is 21.1. The van der Waals surface area contributed by atoms with Crippen LogP contribution in [0.3, 0.4) is 0 Å². The third-order valence-electron chi connectivity index (χ3n) is 6.44. The summed E-state index contributed by atoms with van der Waals surface area (Å²) in [6.45, 7) is 5.40. The minimum atomic E-state index is -0.174. The van der Waals surface area contributed by atoms with Crippen LogP contribution in [-0.4, -0.2) is 80.7 Å². The molecule has 0 bridgehead atoms. The summed E-state index contributed by atoms with van der Waals surface area (Å²) in [4.78, 5) is 29.3. The number of methoxy groups -OCH3 is 1. The molecular weight excluding hydrogens is 382 g/mol. The van der Waals surface area contributed by atoms with Gasteiger partial charge in [0.2, 0.25) is 5.91 Å². The van der Waals surface area contributed by atoms with E-state index in [1.54, 1.807) is 31.4 Å². The molecular formula is C23H33N3O4. The van der Waals surface area contributed by atoms with Crippen molar-refractivity contribution >= 4 is 11.8 Å². The van der Waals surface area contributed by atoms with Crippen LogP contribution in [0.4, 0.5) is 0 Å². The number of carbonyl (C=O) groups is 2. The van der Waals surface area contributed by atoms with Crippen molar-refractivity contribution in [1.29, 1.82) is 0 Å². The quantitative estimate of drug-likeness (QED) is 0.701. The third-order valence-corrected chi connectivity index (χ3v) is 6.44. The van der Waals surface area contributed by atoms with Crippen molar-refractivity contribution in [3.63, 3.8) is 0 Å².